The number of rotatable bonds is 5. The summed E-state index contributed by atoms with van der Waals surface area (Å²) in [5, 5.41) is 11.0. The smallest absolute Gasteiger partial charge is 0.224 e. The molecule has 0 saturated carbocycles. The third-order valence-corrected chi connectivity index (χ3v) is 3.49. The molecule has 2 rings (SSSR count). The van der Waals surface area contributed by atoms with Crippen molar-refractivity contribution in [3.63, 3.8) is 0 Å². The second-order valence-corrected chi connectivity index (χ2v) is 5.27. The van der Waals surface area contributed by atoms with Gasteiger partial charge in [0.1, 0.15) is 0 Å². The highest BCUT2D eigenvalue weighted by molar-refractivity contribution is 6.33. The number of carbonyl (C=O) groups excluding carboxylic acids is 1. The van der Waals surface area contributed by atoms with Crippen LogP contribution in [0.3, 0.4) is 0 Å². The van der Waals surface area contributed by atoms with Crippen molar-refractivity contribution in [1.82, 2.24) is 9.78 Å². The molecule has 2 aromatic rings. The lowest BCUT2D eigenvalue weighted by Gasteiger charge is -2.11. The van der Waals surface area contributed by atoms with Gasteiger partial charge >= 0.3 is 0 Å². The van der Waals surface area contributed by atoms with E-state index in [1.807, 2.05) is 33.2 Å². The number of hydrogen-bond donors (Lipinski definition) is 2. The van der Waals surface area contributed by atoms with Crippen molar-refractivity contribution >= 4 is 28.9 Å². The zero-order valence-electron chi connectivity index (χ0n) is 12.4. The Hall–Kier alpha value is -2.01. The Kier molecular flexibility index (Phi) is 4.85. The van der Waals surface area contributed by atoms with E-state index in [9.17, 15) is 4.79 Å². The second kappa shape index (κ2) is 6.63. The van der Waals surface area contributed by atoms with Gasteiger partial charge in [0.25, 0.3) is 0 Å². The van der Waals surface area contributed by atoms with E-state index in [-0.39, 0.29) is 5.91 Å². The average molecular weight is 307 g/mol. The molecule has 0 aliphatic rings. The summed E-state index contributed by atoms with van der Waals surface area (Å²) in [7, 11) is 1.89. The minimum atomic E-state index is -0.0219. The molecule has 0 unspecified atom stereocenters. The summed E-state index contributed by atoms with van der Waals surface area (Å²) >= 11 is 6.18. The molecule has 21 heavy (non-hydrogen) atoms. The van der Waals surface area contributed by atoms with Crippen LogP contribution in [0.5, 0.6) is 0 Å². The van der Waals surface area contributed by atoms with Crippen LogP contribution < -0.4 is 10.6 Å². The number of anilines is 2. The molecule has 0 bridgehead atoms. The normalized spacial score (nSPS) is 10.5. The summed E-state index contributed by atoms with van der Waals surface area (Å²) < 4.78 is 1.78. The maximum atomic E-state index is 11.4. The fraction of sp³-hybridized carbons (Fsp3) is 0.333. The van der Waals surface area contributed by atoms with Crippen molar-refractivity contribution in [3.8, 4) is 0 Å². The zero-order chi connectivity index (χ0) is 15.4. The number of benzene rings is 1. The van der Waals surface area contributed by atoms with E-state index in [0.717, 1.165) is 22.6 Å². The van der Waals surface area contributed by atoms with Crippen LogP contribution in [0, 0.1) is 6.92 Å². The van der Waals surface area contributed by atoms with Gasteiger partial charge in [-0.3, -0.25) is 9.48 Å². The summed E-state index contributed by atoms with van der Waals surface area (Å²) in [5.74, 6) is -0.0219. The first-order chi connectivity index (χ1) is 9.99. The summed E-state index contributed by atoms with van der Waals surface area (Å²) in [6.45, 7) is 4.41. The first kappa shape index (κ1) is 15.4. The number of nitrogens with one attached hydrogen (secondary N) is 2. The minimum absolute atomic E-state index is 0.0219. The van der Waals surface area contributed by atoms with Crippen molar-refractivity contribution in [3.05, 3.63) is 40.7 Å². The largest absolute Gasteiger partial charge is 0.380 e. The van der Waals surface area contributed by atoms with E-state index >= 15 is 0 Å². The van der Waals surface area contributed by atoms with Gasteiger partial charge in [-0.15, -0.1) is 0 Å². The Morgan fingerprint density at radius 3 is 2.81 bits per heavy atom. The van der Waals surface area contributed by atoms with Crippen LogP contribution >= 0.6 is 11.6 Å². The minimum Gasteiger partial charge on any atom is -0.380 e. The predicted molar refractivity (Wildman–Crippen MR) is 85.6 cm³/mol. The molecular weight excluding hydrogens is 288 g/mol. The molecule has 0 aliphatic heterocycles. The number of halogens is 1. The molecule has 6 heteroatoms. The number of nitrogens with zero attached hydrogens (tertiary/aromatic N) is 2. The topological polar surface area (TPSA) is 59.0 Å². The highest BCUT2D eigenvalue weighted by atomic mass is 35.5. The van der Waals surface area contributed by atoms with Crippen molar-refractivity contribution in [1.29, 1.82) is 0 Å². The summed E-state index contributed by atoms with van der Waals surface area (Å²) in [5.41, 5.74) is 3.61. The molecule has 0 saturated heterocycles. The Labute approximate surface area is 129 Å². The molecular formula is C15H19ClN4O. The molecule has 5 nitrogen and oxygen atoms in total. The van der Waals surface area contributed by atoms with Crippen LogP contribution in [0.4, 0.5) is 11.4 Å². The molecule has 1 heterocycles. The van der Waals surface area contributed by atoms with Gasteiger partial charge in [0.05, 0.1) is 16.4 Å². The molecule has 0 aliphatic carbocycles. The van der Waals surface area contributed by atoms with Crippen LogP contribution in [-0.2, 0) is 18.4 Å². The maximum Gasteiger partial charge on any atom is 0.224 e. The summed E-state index contributed by atoms with van der Waals surface area (Å²) in [6, 6.07) is 5.39. The van der Waals surface area contributed by atoms with Gasteiger partial charge in [0.15, 0.2) is 0 Å². The van der Waals surface area contributed by atoms with Crippen LogP contribution in [0.2, 0.25) is 5.02 Å². The molecule has 1 aromatic heterocycles. The molecule has 1 aromatic carbocycles. The Bertz CT molecular complexity index is 651. The average Bonchev–Trinajstić information content (AvgIpc) is 2.77. The van der Waals surface area contributed by atoms with Crippen LogP contribution in [0.15, 0.2) is 24.4 Å². The van der Waals surface area contributed by atoms with Crippen LogP contribution in [0.25, 0.3) is 0 Å². The number of amides is 1. The van der Waals surface area contributed by atoms with Crippen molar-refractivity contribution in [2.45, 2.75) is 26.8 Å². The third kappa shape index (κ3) is 3.98. The van der Waals surface area contributed by atoms with Crippen molar-refractivity contribution < 1.29 is 4.79 Å². The van der Waals surface area contributed by atoms with Crippen LogP contribution in [-0.4, -0.2) is 15.7 Å². The Morgan fingerprint density at radius 2 is 2.19 bits per heavy atom. The Balaban J connectivity index is 2.10. The molecule has 2 N–H and O–H groups in total. The highest BCUT2D eigenvalue weighted by Gasteiger charge is 2.07. The fourth-order valence-corrected chi connectivity index (χ4v) is 2.18. The zero-order valence-corrected chi connectivity index (χ0v) is 13.2. The van der Waals surface area contributed by atoms with E-state index in [2.05, 4.69) is 15.7 Å². The van der Waals surface area contributed by atoms with Gasteiger partial charge in [0, 0.05) is 37.5 Å². The van der Waals surface area contributed by atoms with Gasteiger partial charge < -0.3 is 10.6 Å². The lowest BCUT2D eigenvalue weighted by atomic mass is 10.2. The van der Waals surface area contributed by atoms with Crippen molar-refractivity contribution in [2.75, 3.05) is 10.6 Å². The second-order valence-electron chi connectivity index (χ2n) is 4.86. The first-order valence-corrected chi connectivity index (χ1v) is 7.19. The van der Waals surface area contributed by atoms with E-state index < -0.39 is 0 Å². The number of carbonyl (C=O) groups is 1. The van der Waals surface area contributed by atoms with E-state index in [4.69, 9.17) is 11.6 Å². The molecule has 0 spiro atoms. The predicted octanol–water partition coefficient (Wildman–Crippen LogP) is 3.34. The quantitative estimate of drug-likeness (QED) is 0.890. The third-order valence-electron chi connectivity index (χ3n) is 3.16. The molecule has 0 fully saturated rings. The molecule has 112 valence electrons. The lowest BCUT2D eigenvalue weighted by Crippen LogP contribution is -2.10. The van der Waals surface area contributed by atoms with Gasteiger partial charge in [-0.25, -0.2) is 0 Å². The highest BCUT2D eigenvalue weighted by Crippen LogP contribution is 2.26. The van der Waals surface area contributed by atoms with Gasteiger partial charge in [-0.2, -0.15) is 5.10 Å². The summed E-state index contributed by atoms with van der Waals surface area (Å²) in [6.07, 6.45) is 2.42. The van der Waals surface area contributed by atoms with Gasteiger partial charge in [0.2, 0.25) is 5.91 Å². The van der Waals surface area contributed by atoms with E-state index in [1.165, 1.54) is 0 Å². The number of hydrogen-bond acceptors (Lipinski definition) is 3. The number of aromatic nitrogens is 2. The monoisotopic (exact) mass is 306 g/mol. The molecule has 1 amide bonds. The van der Waals surface area contributed by atoms with Gasteiger partial charge in [-0.1, -0.05) is 18.5 Å². The van der Waals surface area contributed by atoms with E-state index in [0.29, 0.717) is 18.0 Å². The maximum absolute atomic E-state index is 11.4. The van der Waals surface area contributed by atoms with E-state index in [1.54, 1.807) is 16.8 Å². The van der Waals surface area contributed by atoms with Crippen LogP contribution in [0.1, 0.15) is 24.6 Å². The SMILES string of the molecule is CCC(=O)Nc1ccc(Cl)c(NCc2cn(C)nc2C)c1. The Morgan fingerprint density at radius 1 is 1.43 bits per heavy atom. The molecule has 0 atom stereocenters. The standard InChI is InChI=1S/C15H19ClN4O/c1-4-15(21)18-12-5-6-13(16)14(7-12)17-8-11-9-20(3)19-10(11)2/h5-7,9,17H,4,8H2,1-3H3,(H,18,21). The molecule has 0 radical (unpaired) electrons. The van der Waals surface area contributed by atoms with Gasteiger partial charge in [-0.05, 0) is 25.1 Å². The first-order valence-electron chi connectivity index (χ1n) is 6.82. The fourth-order valence-electron chi connectivity index (χ4n) is 2.00. The summed E-state index contributed by atoms with van der Waals surface area (Å²) in [4.78, 5) is 11.4. The number of aryl methyl sites for hydroxylation is 2. The lowest BCUT2D eigenvalue weighted by molar-refractivity contribution is -0.115. The van der Waals surface area contributed by atoms with Crippen molar-refractivity contribution in [2.24, 2.45) is 7.05 Å².